The molecule has 0 unspecified atom stereocenters. The fourth-order valence-electron chi connectivity index (χ4n) is 2.18. The van der Waals surface area contributed by atoms with Crippen molar-refractivity contribution < 1.29 is 5.11 Å². The van der Waals surface area contributed by atoms with Crippen LogP contribution >= 0.6 is 27.7 Å². The van der Waals surface area contributed by atoms with Gasteiger partial charge in [0.2, 0.25) is 5.16 Å². The molecule has 0 aliphatic heterocycles. The summed E-state index contributed by atoms with van der Waals surface area (Å²) in [5, 5.41) is 23.5. The highest BCUT2D eigenvalue weighted by molar-refractivity contribution is 9.10. The van der Waals surface area contributed by atoms with Crippen LogP contribution in [0.3, 0.4) is 0 Å². The standard InChI is InChI=1S/C17H15BrN4OS/c1-24-17-21-20-16(9-12-5-3-2-4-6-12)22(17)19-11-13-10-14(18)7-8-15(13)23/h2-8,10-11,23H,9H2,1H3/b19-11-. The van der Waals surface area contributed by atoms with E-state index in [1.54, 1.807) is 29.1 Å². The Balaban J connectivity index is 1.93. The summed E-state index contributed by atoms with van der Waals surface area (Å²) in [6.07, 6.45) is 4.17. The Bertz CT molecular complexity index is 864. The van der Waals surface area contributed by atoms with Gasteiger partial charge < -0.3 is 5.11 Å². The predicted octanol–water partition coefficient (Wildman–Crippen LogP) is 3.94. The van der Waals surface area contributed by atoms with Crippen LogP contribution in [0.1, 0.15) is 17.0 Å². The van der Waals surface area contributed by atoms with Gasteiger partial charge in [-0.05, 0) is 30.0 Å². The predicted molar refractivity (Wildman–Crippen MR) is 99.8 cm³/mol. The van der Waals surface area contributed by atoms with Crippen LogP contribution in [0, 0.1) is 0 Å². The Kier molecular flexibility index (Phi) is 5.32. The number of phenols is 1. The van der Waals surface area contributed by atoms with E-state index in [-0.39, 0.29) is 5.75 Å². The number of rotatable bonds is 5. The fourth-order valence-corrected chi connectivity index (χ4v) is 3.00. The Labute approximate surface area is 152 Å². The molecule has 0 radical (unpaired) electrons. The number of thioether (sulfide) groups is 1. The van der Waals surface area contributed by atoms with Crippen LogP contribution in [0.5, 0.6) is 5.75 Å². The zero-order chi connectivity index (χ0) is 16.9. The lowest BCUT2D eigenvalue weighted by molar-refractivity contribution is 0.474. The van der Waals surface area contributed by atoms with Crippen molar-refractivity contribution in [2.45, 2.75) is 11.6 Å². The Morgan fingerprint density at radius 2 is 2.00 bits per heavy atom. The number of phenolic OH excluding ortho intramolecular Hbond substituents is 1. The van der Waals surface area contributed by atoms with E-state index in [0.29, 0.717) is 17.1 Å². The SMILES string of the molecule is CSc1nnc(Cc2ccccc2)n1/N=C\c1cc(Br)ccc1O. The van der Waals surface area contributed by atoms with Gasteiger partial charge in [0.15, 0.2) is 5.82 Å². The molecule has 0 saturated heterocycles. The van der Waals surface area contributed by atoms with Gasteiger partial charge in [0, 0.05) is 16.5 Å². The molecule has 3 rings (SSSR count). The van der Waals surface area contributed by atoms with E-state index in [0.717, 1.165) is 15.9 Å². The second kappa shape index (κ2) is 7.63. The van der Waals surface area contributed by atoms with Gasteiger partial charge in [0.1, 0.15) is 5.75 Å². The number of nitrogens with zero attached hydrogens (tertiary/aromatic N) is 4. The molecule has 0 bridgehead atoms. The van der Waals surface area contributed by atoms with Gasteiger partial charge in [-0.25, -0.2) is 0 Å². The topological polar surface area (TPSA) is 63.3 Å². The third-order valence-corrected chi connectivity index (χ3v) is 4.48. The molecule has 1 aromatic heterocycles. The highest BCUT2D eigenvalue weighted by atomic mass is 79.9. The van der Waals surface area contributed by atoms with E-state index < -0.39 is 0 Å². The number of hydrogen-bond donors (Lipinski definition) is 1. The number of hydrogen-bond acceptors (Lipinski definition) is 5. The molecule has 3 aromatic rings. The first kappa shape index (κ1) is 16.7. The van der Waals surface area contributed by atoms with Crippen LogP contribution in [-0.4, -0.2) is 32.5 Å². The largest absolute Gasteiger partial charge is 0.507 e. The van der Waals surface area contributed by atoms with E-state index >= 15 is 0 Å². The van der Waals surface area contributed by atoms with Crippen molar-refractivity contribution in [3.05, 3.63) is 70.0 Å². The molecule has 0 fully saturated rings. The number of aromatic hydroxyl groups is 1. The summed E-state index contributed by atoms with van der Waals surface area (Å²) >= 11 is 4.87. The van der Waals surface area contributed by atoms with Crippen LogP contribution in [0.2, 0.25) is 0 Å². The molecule has 0 spiro atoms. The van der Waals surface area contributed by atoms with Crippen molar-refractivity contribution in [2.24, 2.45) is 5.10 Å². The lowest BCUT2D eigenvalue weighted by atomic mass is 10.1. The minimum absolute atomic E-state index is 0.172. The van der Waals surface area contributed by atoms with Crippen LogP contribution in [0.15, 0.2) is 63.3 Å². The summed E-state index contributed by atoms with van der Waals surface area (Å²) in [6.45, 7) is 0. The molecule has 0 atom stereocenters. The third-order valence-electron chi connectivity index (χ3n) is 3.37. The monoisotopic (exact) mass is 402 g/mol. The van der Waals surface area contributed by atoms with Crippen LogP contribution in [-0.2, 0) is 6.42 Å². The van der Waals surface area contributed by atoms with Gasteiger partial charge in [-0.15, -0.1) is 10.2 Å². The summed E-state index contributed by atoms with van der Waals surface area (Å²) in [4.78, 5) is 0. The van der Waals surface area contributed by atoms with Crippen LogP contribution < -0.4 is 0 Å². The molecule has 0 aliphatic rings. The molecule has 2 aromatic carbocycles. The van der Waals surface area contributed by atoms with E-state index in [2.05, 4.69) is 31.2 Å². The van der Waals surface area contributed by atoms with Crippen LogP contribution in [0.4, 0.5) is 0 Å². The zero-order valence-electron chi connectivity index (χ0n) is 12.9. The molecule has 122 valence electrons. The average Bonchev–Trinajstić information content (AvgIpc) is 2.98. The molecule has 1 N–H and O–H groups in total. The molecule has 1 heterocycles. The minimum Gasteiger partial charge on any atom is -0.507 e. The third kappa shape index (κ3) is 3.85. The summed E-state index contributed by atoms with van der Waals surface area (Å²) in [5.41, 5.74) is 1.76. The molecule has 0 aliphatic carbocycles. The number of aromatic nitrogens is 3. The maximum absolute atomic E-state index is 9.94. The highest BCUT2D eigenvalue weighted by Crippen LogP contribution is 2.21. The zero-order valence-corrected chi connectivity index (χ0v) is 15.3. The van der Waals surface area contributed by atoms with Gasteiger partial charge in [-0.2, -0.15) is 9.78 Å². The van der Waals surface area contributed by atoms with E-state index in [9.17, 15) is 5.11 Å². The van der Waals surface area contributed by atoms with E-state index in [1.807, 2.05) is 36.6 Å². The van der Waals surface area contributed by atoms with Gasteiger partial charge in [-0.1, -0.05) is 58.0 Å². The molecule has 0 amide bonds. The van der Waals surface area contributed by atoms with E-state index in [1.165, 1.54) is 11.8 Å². The fraction of sp³-hybridized carbons (Fsp3) is 0.118. The molecule has 24 heavy (non-hydrogen) atoms. The Morgan fingerprint density at radius 3 is 2.75 bits per heavy atom. The number of benzene rings is 2. The molecular formula is C17H15BrN4OS. The first-order valence-electron chi connectivity index (χ1n) is 7.22. The average molecular weight is 403 g/mol. The maximum atomic E-state index is 9.94. The van der Waals surface area contributed by atoms with Gasteiger partial charge >= 0.3 is 0 Å². The number of halogens is 1. The smallest absolute Gasteiger partial charge is 0.211 e. The first-order valence-corrected chi connectivity index (χ1v) is 9.24. The highest BCUT2D eigenvalue weighted by Gasteiger charge is 2.11. The summed E-state index contributed by atoms with van der Waals surface area (Å²) in [5.74, 6) is 0.918. The van der Waals surface area contributed by atoms with Crippen molar-refractivity contribution >= 4 is 33.9 Å². The molecule has 0 saturated carbocycles. The second-order valence-electron chi connectivity index (χ2n) is 5.02. The maximum Gasteiger partial charge on any atom is 0.211 e. The van der Waals surface area contributed by atoms with Crippen molar-refractivity contribution in [3.8, 4) is 5.75 Å². The van der Waals surface area contributed by atoms with Crippen molar-refractivity contribution in [3.63, 3.8) is 0 Å². The van der Waals surface area contributed by atoms with Crippen molar-refractivity contribution in [1.29, 1.82) is 0 Å². The van der Waals surface area contributed by atoms with Gasteiger partial charge in [-0.3, -0.25) is 0 Å². The Morgan fingerprint density at radius 1 is 1.21 bits per heavy atom. The molecular weight excluding hydrogens is 388 g/mol. The molecule has 5 nitrogen and oxygen atoms in total. The quantitative estimate of drug-likeness (QED) is 0.518. The summed E-state index contributed by atoms with van der Waals surface area (Å²) in [7, 11) is 0. The van der Waals surface area contributed by atoms with Crippen molar-refractivity contribution in [2.75, 3.05) is 6.26 Å². The van der Waals surface area contributed by atoms with Gasteiger partial charge in [0.25, 0.3) is 0 Å². The van der Waals surface area contributed by atoms with Crippen molar-refractivity contribution in [1.82, 2.24) is 14.9 Å². The second-order valence-corrected chi connectivity index (χ2v) is 6.71. The lowest BCUT2D eigenvalue weighted by Gasteiger charge is -2.04. The van der Waals surface area contributed by atoms with Gasteiger partial charge in [0.05, 0.1) is 6.21 Å². The lowest BCUT2D eigenvalue weighted by Crippen LogP contribution is -2.01. The minimum atomic E-state index is 0.172. The summed E-state index contributed by atoms with van der Waals surface area (Å²) < 4.78 is 2.58. The first-order chi connectivity index (χ1) is 11.7. The molecule has 7 heteroatoms. The Hall–Kier alpha value is -2.12. The van der Waals surface area contributed by atoms with Crippen LogP contribution in [0.25, 0.3) is 0 Å². The van der Waals surface area contributed by atoms with E-state index in [4.69, 9.17) is 0 Å². The summed E-state index contributed by atoms with van der Waals surface area (Å²) in [6, 6.07) is 15.3. The normalized spacial score (nSPS) is 11.2.